The summed E-state index contributed by atoms with van der Waals surface area (Å²) in [6.07, 6.45) is 2.60. The van der Waals surface area contributed by atoms with Gasteiger partial charge in [0.05, 0.1) is 0 Å². The summed E-state index contributed by atoms with van der Waals surface area (Å²) >= 11 is 0. The van der Waals surface area contributed by atoms with Gasteiger partial charge in [-0.2, -0.15) is 0 Å². The van der Waals surface area contributed by atoms with Crippen LogP contribution in [-0.4, -0.2) is 36.1 Å². The van der Waals surface area contributed by atoms with Crippen LogP contribution in [0.15, 0.2) is 0 Å². The van der Waals surface area contributed by atoms with E-state index in [-0.39, 0.29) is 5.54 Å². The van der Waals surface area contributed by atoms with Crippen LogP contribution < -0.4 is 5.32 Å². The number of nitrogens with zero attached hydrogens (tertiary/aromatic N) is 1. The standard InChI is InChI=1S/C14H30N2/c1-13(2,3)11-16-9-7-12(8-10-16)15-14(4,5)6/h12,15H,7-11H2,1-6H3. The van der Waals surface area contributed by atoms with Crippen LogP contribution in [0.4, 0.5) is 0 Å². The first kappa shape index (κ1) is 14.0. The summed E-state index contributed by atoms with van der Waals surface area (Å²) in [5.41, 5.74) is 0.696. The highest BCUT2D eigenvalue weighted by Crippen LogP contribution is 2.20. The Morgan fingerprint density at radius 3 is 1.88 bits per heavy atom. The number of hydrogen-bond acceptors (Lipinski definition) is 2. The smallest absolute Gasteiger partial charge is 0.00991 e. The van der Waals surface area contributed by atoms with E-state index in [1.54, 1.807) is 0 Å². The normalized spacial score (nSPS) is 21.4. The van der Waals surface area contributed by atoms with Gasteiger partial charge in [0.15, 0.2) is 0 Å². The van der Waals surface area contributed by atoms with Gasteiger partial charge in [0.1, 0.15) is 0 Å². The van der Waals surface area contributed by atoms with Crippen molar-refractivity contribution >= 4 is 0 Å². The molecule has 0 unspecified atom stereocenters. The van der Waals surface area contributed by atoms with Gasteiger partial charge < -0.3 is 10.2 Å². The lowest BCUT2D eigenvalue weighted by Gasteiger charge is -2.38. The minimum absolute atomic E-state index is 0.261. The maximum Gasteiger partial charge on any atom is 0.00991 e. The van der Waals surface area contributed by atoms with E-state index >= 15 is 0 Å². The third-order valence-corrected chi connectivity index (χ3v) is 2.92. The summed E-state index contributed by atoms with van der Waals surface area (Å²) in [5.74, 6) is 0. The average Bonchev–Trinajstić information content (AvgIpc) is 2.03. The van der Waals surface area contributed by atoms with Gasteiger partial charge in [-0.25, -0.2) is 0 Å². The molecule has 1 aliphatic heterocycles. The van der Waals surface area contributed by atoms with Crippen molar-refractivity contribution in [1.29, 1.82) is 0 Å². The topological polar surface area (TPSA) is 15.3 Å². The lowest BCUT2D eigenvalue weighted by atomic mass is 9.93. The summed E-state index contributed by atoms with van der Waals surface area (Å²) in [6.45, 7) is 17.5. The van der Waals surface area contributed by atoms with E-state index in [1.165, 1.54) is 32.5 Å². The van der Waals surface area contributed by atoms with E-state index in [9.17, 15) is 0 Å². The Morgan fingerprint density at radius 2 is 1.50 bits per heavy atom. The van der Waals surface area contributed by atoms with Crippen LogP contribution in [0.5, 0.6) is 0 Å². The van der Waals surface area contributed by atoms with E-state index in [0.717, 1.165) is 6.04 Å². The molecule has 1 heterocycles. The lowest BCUT2D eigenvalue weighted by molar-refractivity contribution is 0.137. The molecule has 96 valence electrons. The number of nitrogens with one attached hydrogen (secondary N) is 1. The molecule has 1 rings (SSSR count). The number of rotatable bonds is 2. The van der Waals surface area contributed by atoms with Gasteiger partial charge >= 0.3 is 0 Å². The monoisotopic (exact) mass is 226 g/mol. The van der Waals surface area contributed by atoms with Crippen LogP contribution >= 0.6 is 0 Å². The summed E-state index contributed by atoms with van der Waals surface area (Å²) in [6, 6.07) is 0.719. The molecule has 0 bridgehead atoms. The van der Waals surface area contributed by atoms with Gasteiger partial charge in [-0.1, -0.05) is 20.8 Å². The van der Waals surface area contributed by atoms with E-state index in [1.807, 2.05) is 0 Å². The molecular weight excluding hydrogens is 196 g/mol. The molecule has 1 saturated heterocycles. The third kappa shape index (κ3) is 5.86. The van der Waals surface area contributed by atoms with Crippen molar-refractivity contribution in [2.45, 2.75) is 66.0 Å². The molecule has 0 aromatic carbocycles. The minimum Gasteiger partial charge on any atom is -0.309 e. The average molecular weight is 226 g/mol. The molecule has 16 heavy (non-hydrogen) atoms. The van der Waals surface area contributed by atoms with Crippen molar-refractivity contribution in [1.82, 2.24) is 10.2 Å². The SMILES string of the molecule is CC(C)(C)CN1CCC(NC(C)(C)C)CC1. The van der Waals surface area contributed by atoms with E-state index in [4.69, 9.17) is 0 Å². The second-order valence-corrected chi connectivity index (χ2v) is 7.51. The zero-order valence-electron chi connectivity index (χ0n) is 12.1. The maximum atomic E-state index is 3.71. The molecule has 1 aliphatic rings. The highest BCUT2D eigenvalue weighted by atomic mass is 15.2. The third-order valence-electron chi connectivity index (χ3n) is 2.92. The van der Waals surface area contributed by atoms with Gasteiger partial charge in [0.25, 0.3) is 0 Å². The van der Waals surface area contributed by atoms with Crippen LogP contribution in [0.3, 0.4) is 0 Å². The molecule has 0 aromatic rings. The Kier molecular flexibility index (Phi) is 4.42. The van der Waals surface area contributed by atoms with Crippen LogP contribution in [0.2, 0.25) is 0 Å². The maximum absolute atomic E-state index is 3.71. The first-order valence-corrected chi connectivity index (χ1v) is 6.66. The van der Waals surface area contributed by atoms with Crippen LogP contribution in [0.25, 0.3) is 0 Å². The Hall–Kier alpha value is -0.0800. The minimum atomic E-state index is 0.261. The Labute approximate surface area is 102 Å². The number of hydrogen-bond donors (Lipinski definition) is 1. The van der Waals surface area contributed by atoms with Crippen molar-refractivity contribution in [3.63, 3.8) is 0 Å². The van der Waals surface area contributed by atoms with Crippen LogP contribution in [-0.2, 0) is 0 Å². The summed E-state index contributed by atoms with van der Waals surface area (Å²) in [5, 5.41) is 3.71. The van der Waals surface area contributed by atoms with Crippen LogP contribution in [0.1, 0.15) is 54.4 Å². The fraction of sp³-hybridized carbons (Fsp3) is 1.00. The number of piperidine rings is 1. The molecule has 2 nitrogen and oxygen atoms in total. The molecule has 0 radical (unpaired) electrons. The van der Waals surface area contributed by atoms with Crippen molar-refractivity contribution < 1.29 is 0 Å². The molecule has 2 heteroatoms. The zero-order chi connectivity index (χ0) is 12.4. The highest BCUT2D eigenvalue weighted by molar-refractivity contribution is 4.84. The molecule has 1 fully saturated rings. The van der Waals surface area contributed by atoms with Gasteiger partial charge in [-0.15, -0.1) is 0 Å². The molecule has 0 aromatic heterocycles. The fourth-order valence-electron chi connectivity index (χ4n) is 2.52. The molecule has 1 N–H and O–H groups in total. The molecule has 0 aliphatic carbocycles. The molecule has 0 atom stereocenters. The predicted molar refractivity (Wildman–Crippen MR) is 71.8 cm³/mol. The number of likely N-dealkylation sites (tertiary alicyclic amines) is 1. The Bertz CT molecular complexity index is 178. The quantitative estimate of drug-likeness (QED) is 0.779. The molecular formula is C14H30N2. The van der Waals surface area contributed by atoms with E-state index < -0.39 is 0 Å². The lowest BCUT2D eigenvalue weighted by Crippen LogP contribution is -2.50. The van der Waals surface area contributed by atoms with Crippen molar-refractivity contribution in [2.24, 2.45) is 5.41 Å². The highest BCUT2D eigenvalue weighted by Gasteiger charge is 2.24. The van der Waals surface area contributed by atoms with Gasteiger partial charge in [0.2, 0.25) is 0 Å². The Balaban J connectivity index is 2.29. The molecule has 0 spiro atoms. The van der Waals surface area contributed by atoms with E-state index in [0.29, 0.717) is 5.41 Å². The van der Waals surface area contributed by atoms with Gasteiger partial charge in [-0.05, 0) is 52.1 Å². The van der Waals surface area contributed by atoms with Gasteiger partial charge in [-0.3, -0.25) is 0 Å². The largest absolute Gasteiger partial charge is 0.309 e. The summed E-state index contributed by atoms with van der Waals surface area (Å²) in [7, 11) is 0. The first-order chi connectivity index (χ1) is 7.16. The summed E-state index contributed by atoms with van der Waals surface area (Å²) < 4.78 is 0. The van der Waals surface area contributed by atoms with Crippen molar-refractivity contribution in [2.75, 3.05) is 19.6 Å². The second-order valence-electron chi connectivity index (χ2n) is 7.51. The molecule has 0 amide bonds. The van der Waals surface area contributed by atoms with Crippen molar-refractivity contribution in [3.05, 3.63) is 0 Å². The second kappa shape index (κ2) is 5.05. The van der Waals surface area contributed by atoms with Crippen LogP contribution in [0, 0.1) is 5.41 Å². The zero-order valence-corrected chi connectivity index (χ0v) is 12.1. The Morgan fingerprint density at radius 1 is 1.00 bits per heavy atom. The van der Waals surface area contributed by atoms with Gasteiger partial charge in [0, 0.05) is 18.1 Å². The summed E-state index contributed by atoms with van der Waals surface area (Å²) in [4.78, 5) is 2.61. The van der Waals surface area contributed by atoms with Crippen molar-refractivity contribution in [3.8, 4) is 0 Å². The van der Waals surface area contributed by atoms with E-state index in [2.05, 4.69) is 51.8 Å². The molecule has 0 saturated carbocycles. The fourth-order valence-corrected chi connectivity index (χ4v) is 2.52. The first-order valence-electron chi connectivity index (χ1n) is 6.66. The predicted octanol–water partition coefficient (Wildman–Crippen LogP) is 2.89.